The third-order valence-electron chi connectivity index (χ3n) is 13.0. The van der Waals surface area contributed by atoms with Gasteiger partial charge in [0.1, 0.15) is 16.8 Å². The summed E-state index contributed by atoms with van der Waals surface area (Å²) in [6.07, 6.45) is 16.2. The Bertz CT molecular complexity index is 3860. The Kier molecular flexibility index (Phi) is 11.7. The zero-order chi connectivity index (χ0) is 47.6. The fraction of sp³-hybridized carbons (Fsp3) is 0.0303. The second kappa shape index (κ2) is 18.9. The molecular weight excluding hydrogens is 851 g/mol. The third kappa shape index (κ3) is 8.12. The van der Waals surface area contributed by atoms with E-state index in [0.29, 0.717) is 17.1 Å². The first-order valence-electron chi connectivity index (χ1n) is 23.7. The zero-order valence-corrected chi connectivity index (χ0v) is 39.2. The number of aromatic nitrogens is 3. The molecular formula is C66H49N3O. The largest absolute Gasteiger partial charge is 0.452 e. The summed E-state index contributed by atoms with van der Waals surface area (Å²) in [6.45, 7) is 12.4. The van der Waals surface area contributed by atoms with Crippen LogP contribution < -0.4 is 0 Å². The quantitative estimate of drug-likeness (QED) is 0.115. The second-order valence-corrected chi connectivity index (χ2v) is 17.3. The molecule has 70 heavy (non-hydrogen) atoms. The van der Waals surface area contributed by atoms with Gasteiger partial charge in [-0.25, -0.2) is 9.97 Å². The summed E-state index contributed by atoms with van der Waals surface area (Å²) in [4.78, 5) is 11.0. The van der Waals surface area contributed by atoms with Crippen LogP contribution in [0, 0.1) is 0 Å². The van der Waals surface area contributed by atoms with E-state index in [1.807, 2.05) is 50.3 Å². The molecule has 11 aromatic rings. The van der Waals surface area contributed by atoms with Gasteiger partial charge in [0.2, 0.25) is 0 Å². The molecule has 3 heterocycles. The van der Waals surface area contributed by atoms with Crippen LogP contribution in [0.15, 0.2) is 254 Å². The summed E-state index contributed by atoms with van der Waals surface area (Å²) in [7, 11) is 0. The number of allylic oxidation sites excluding steroid dienone is 10. The van der Waals surface area contributed by atoms with Gasteiger partial charge in [0.05, 0.1) is 11.0 Å². The molecule has 0 radical (unpaired) electrons. The summed E-state index contributed by atoms with van der Waals surface area (Å²) in [5.41, 5.74) is 18.5. The fourth-order valence-corrected chi connectivity index (χ4v) is 9.57. The monoisotopic (exact) mass is 899 g/mol. The summed E-state index contributed by atoms with van der Waals surface area (Å²) >= 11 is 0. The summed E-state index contributed by atoms with van der Waals surface area (Å²) < 4.78 is 9.24. The average Bonchev–Trinajstić information content (AvgIpc) is 3.96. The van der Waals surface area contributed by atoms with Gasteiger partial charge >= 0.3 is 0 Å². The van der Waals surface area contributed by atoms with E-state index in [4.69, 9.17) is 14.4 Å². The Morgan fingerprint density at radius 3 is 1.64 bits per heavy atom. The van der Waals surface area contributed by atoms with E-state index in [0.717, 1.165) is 105 Å². The van der Waals surface area contributed by atoms with Gasteiger partial charge in [-0.05, 0) is 148 Å². The maximum atomic E-state index is 6.95. The van der Waals surface area contributed by atoms with Crippen molar-refractivity contribution in [2.75, 3.05) is 0 Å². The Morgan fingerprint density at radius 2 is 1.00 bits per heavy atom. The van der Waals surface area contributed by atoms with Gasteiger partial charge < -0.3 is 8.98 Å². The van der Waals surface area contributed by atoms with E-state index in [1.54, 1.807) is 0 Å². The van der Waals surface area contributed by atoms with Crippen LogP contribution in [-0.2, 0) is 0 Å². The van der Waals surface area contributed by atoms with E-state index >= 15 is 0 Å². The van der Waals surface area contributed by atoms with Crippen LogP contribution in [0.4, 0.5) is 0 Å². The molecule has 334 valence electrons. The van der Waals surface area contributed by atoms with Gasteiger partial charge in [-0.2, -0.15) is 0 Å². The fourth-order valence-electron chi connectivity index (χ4n) is 9.57. The summed E-state index contributed by atoms with van der Waals surface area (Å²) in [5, 5.41) is 3.24. The molecule has 0 amide bonds. The first kappa shape index (κ1) is 43.5. The molecule has 0 saturated carbocycles. The normalized spacial score (nSPS) is 12.3. The number of furan rings is 1. The van der Waals surface area contributed by atoms with Crippen LogP contribution in [0.3, 0.4) is 0 Å². The van der Waals surface area contributed by atoms with Crippen molar-refractivity contribution in [2.45, 2.75) is 13.8 Å². The van der Waals surface area contributed by atoms with Gasteiger partial charge in [0.25, 0.3) is 0 Å². The van der Waals surface area contributed by atoms with E-state index in [2.05, 4.69) is 218 Å². The lowest BCUT2D eigenvalue weighted by Crippen LogP contribution is -1.96. The smallest absolute Gasteiger partial charge is 0.180 e. The molecule has 3 aromatic heterocycles. The first-order chi connectivity index (χ1) is 34.5. The highest BCUT2D eigenvalue weighted by Gasteiger charge is 2.22. The minimum Gasteiger partial charge on any atom is -0.452 e. The van der Waals surface area contributed by atoms with Crippen LogP contribution in [0.25, 0.3) is 122 Å². The Hall–Kier alpha value is -9.12. The number of nitrogens with zero attached hydrogens (tertiary/aromatic N) is 3. The van der Waals surface area contributed by atoms with Crippen LogP contribution in [-0.4, -0.2) is 14.5 Å². The van der Waals surface area contributed by atoms with Gasteiger partial charge in [0.15, 0.2) is 11.4 Å². The second-order valence-electron chi connectivity index (χ2n) is 17.3. The maximum absolute atomic E-state index is 6.95. The Labute approximate surface area is 408 Å². The molecule has 0 bridgehead atoms. The molecule has 0 N–H and O–H groups in total. The van der Waals surface area contributed by atoms with Gasteiger partial charge in [-0.3, -0.25) is 0 Å². The molecule has 0 aliphatic rings. The number of hydrogen-bond donors (Lipinski definition) is 0. The van der Waals surface area contributed by atoms with Crippen molar-refractivity contribution >= 4 is 55.1 Å². The molecule has 0 atom stereocenters. The highest BCUT2D eigenvalue weighted by Crippen LogP contribution is 2.42. The third-order valence-corrected chi connectivity index (χ3v) is 13.0. The number of hydrogen-bond acceptors (Lipinski definition) is 3. The van der Waals surface area contributed by atoms with Crippen molar-refractivity contribution in [3.05, 3.63) is 255 Å². The Morgan fingerprint density at radius 1 is 0.457 bits per heavy atom. The minimum absolute atomic E-state index is 0.601. The van der Waals surface area contributed by atoms with E-state index in [-0.39, 0.29) is 0 Å². The number of fused-ring (bicyclic) bond motifs is 6. The van der Waals surface area contributed by atoms with Crippen molar-refractivity contribution in [1.29, 1.82) is 0 Å². The van der Waals surface area contributed by atoms with Crippen molar-refractivity contribution in [1.82, 2.24) is 14.5 Å². The molecule has 0 spiro atoms. The van der Waals surface area contributed by atoms with Crippen molar-refractivity contribution in [2.24, 2.45) is 0 Å². The van der Waals surface area contributed by atoms with Crippen LogP contribution in [0.5, 0.6) is 0 Å². The lowest BCUT2D eigenvalue weighted by Gasteiger charge is -2.14. The standard InChI is InChI=1S/C66H49N3O/c1-5-9-22-44(7-3)50-36-51(45-23-14-11-15-24-45)39-54(38-50)63-65-64(68-66(67-63)55-40-52(46-25-16-12-17-26-46)37-53(41-55)47-27-18-13-19-28-47)59-43-49(33-35-62(59)70-65)48-32-34-61-58(42-48)57-30-20-21-31-60(57)69(61)56(8-4)29-10-6-2/h5-43H,3-4H2,1-2H3/b9-5-,10-6-,44-22+,56-29+. The predicted molar refractivity (Wildman–Crippen MR) is 297 cm³/mol. The summed E-state index contributed by atoms with van der Waals surface area (Å²) in [5.74, 6) is 0.601. The SMILES string of the molecule is C=C/C(=C\C=C/C)c1cc(-c2ccccc2)cc(-c2nc(-c3cc(-c4ccccc4)cc(-c4ccccc4)c3)nc3c2oc2ccc(-c4ccc5c(c4)c4ccccc4n5/C(C=C)=C/C=C\C)cc23)c1. The summed E-state index contributed by atoms with van der Waals surface area (Å²) in [6, 6.07) is 66.5. The number of benzene rings is 8. The number of para-hydroxylation sites is 1. The van der Waals surface area contributed by atoms with Crippen LogP contribution in [0.2, 0.25) is 0 Å². The van der Waals surface area contributed by atoms with Crippen LogP contribution >= 0.6 is 0 Å². The molecule has 0 fully saturated rings. The van der Waals surface area contributed by atoms with Gasteiger partial charge in [0, 0.05) is 33.0 Å². The van der Waals surface area contributed by atoms with Crippen LogP contribution in [0.1, 0.15) is 19.4 Å². The molecule has 11 rings (SSSR count). The molecule has 0 aliphatic carbocycles. The zero-order valence-electron chi connectivity index (χ0n) is 39.2. The Balaban J connectivity index is 1.17. The minimum atomic E-state index is 0.601. The molecule has 4 heteroatoms. The van der Waals surface area contributed by atoms with Crippen molar-refractivity contribution in [3.8, 4) is 67.2 Å². The molecule has 0 saturated heterocycles. The molecule has 0 aliphatic heterocycles. The topological polar surface area (TPSA) is 43.9 Å². The molecule has 4 nitrogen and oxygen atoms in total. The van der Waals surface area contributed by atoms with E-state index in [9.17, 15) is 0 Å². The first-order valence-corrected chi connectivity index (χ1v) is 23.7. The lowest BCUT2D eigenvalue weighted by atomic mass is 9.94. The molecule has 0 unspecified atom stereocenters. The lowest BCUT2D eigenvalue weighted by molar-refractivity contribution is 0.667. The van der Waals surface area contributed by atoms with Crippen molar-refractivity contribution < 1.29 is 4.42 Å². The maximum Gasteiger partial charge on any atom is 0.180 e. The van der Waals surface area contributed by atoms with E-state index in [1.165, 1.54) is 5.39 Å². The molecule has 8 aromatic carbocycles. The van der Waals surface area contributed by atoms with Crippen molar-refractivity contribution in [3.63, 3.8) is 0 Å². The predicted octanol–water partition coefficient (Wildman–Crippen LogP) is 18.2. The average molecular weight is 900 g/mol. The van der Waals surface area contributed by atoms with E-state index < -0.39 is 0 Å². The highest BCUT2D eigenvalue weighted by atomic mass is 16.3. The van der Waals surface area contributed by atoms with Gasteiger partial charge in [-0.1, -0.05) is 171 Å². The van der Waals surface area contributed by atoms with Gasteiger partial charge in [-0.15, -0.1) is 0 Å². The highest BCUT2D eigenvalue weighted by molar-refractivity contribution is 6.13. The number of rotatable bonds is 12.